The van der Waals surface area contributed by atoms with Crippen molar-refractivity contribution < 1.29 is 8.42 Å². The van der Waals surface area contributed by atoms with Crippen molar-refractivity contribution in [2.24, 2.45) is 0 Å². The molecule has 0 aromatic carbocycles. The molecule has 4 nitrogen and oxygen atoms in total. The molecule has 0 saturated heterocycles. The number of hydrogen-bond donors (Lipinski definition) is 2. The summed E-state index contributed by atoms with van der Waals surface area (Å²) < 4.78 is 26.6. The molecule has 1 rings (SSSR count). The summed E-state index contributed by atoms with van der Waals surface area (Å²) in [6.07, 6.45) is 0. The molecule has 0 aliphatic heterocycles. The molecular weight excluding hydrogens is 312 g/mol. The highest BCUT2D eigenvalue weighted by Gasteiger charge is 2.09. The van der Waals surface area contributed by atoms with E-state index in [0.29, 0.717) is 13.1 Å². The van der Waals surface area contributed by atoms with Crippen LogP contribution in [0.1, 0.15) is 11.8 Å². The van der Waals surface area contributed by atoms with E-state index < -0.39 is 10.0 Å². The summed E-state index contributed by atoms with van der Waals surface area (Å²) in [5.74, 6) is 0.118. The molecule has 0 atom stereocenters. The van der Waals surface area contributed by atoms with E-state index in [0.717, 1.165) is 15.9 Å². The summed E-state index contributed by atoms with van der Waals surface area (Å²) in [7, 11) is -3.16. The standard InChI is InChI=1S/C9H15BrN2O2S2/c1-2-11-3-4-16(13,14)12-6-9-5-8(10)7-15-9/h5,7,11-12H,2-4,6H2,1H3. The van der Waals surface area contributed by atoms with E-state index in [1.807, 2.05) is 18.4 Å². The van der Waals surface area contributed by atoms with Gasteiger partial charge in [0.15, 0.2) is 0 Å². The van der Waals surface area contributed by atoms with Gasteiger partial charge in [-0.1, -0.05) is 6.92 Å². The molecular formula is C9H15BrN2O2S2. The van der Waals surface area contributed by atoms with Gasteiger partial charge in [-0.3, -0.25) is 0 Å². The van der Waals surface area contributed by atoms with Gasteiger partial charge >= 0.3 is 0 Å². The summed E-state index contributed by atoms with van der Waals surface area (Å²) in [5, 5.41) is 4.92. The monoisotopic (exact) mass is 326 g/mol. The summed E-state index contributed by atoms with van der Waals surface area (Å²) in [6.45, 7) is 3.58. The van der Waals surface area contributed by atoms with Crippen LogP contribution >= 0.6 is 27.3 Å². The van der Waals surface area contributed by atoms with Crippen LogP contribution in [0.4, 0.5) is 0 Å². The van der Waals surface area contributed by atoms with Crippen LogP contribution in [0.3, 0.4) is 0 Å². The third-order valence-electron chi connectivity index (χ3n) is 1.89. The first-order valence-corrected chi connectivity index (χ1v) is 8.27. The number of nitrogens with one attached hydrogen (secondary N) is 2. The molecule has 1 heterocycles. The van der Waals surface area contributed by atoms with Crippen LogP contribution in [-0.2, 0) is 16.6 Å². The molecule has 0 aliphatic rings. The van der Waals surface area contributed by atoms with Crippen molar-refractivity contribution in [2.75, 3.05) is 18.8 Å². The lowest BCUT2D eigenvalue weighted by Crippen LogP contribution is -2.31. The Labute approximate surface area is 109 Å². The average Bonchev–Trinajstić information content (AvgIpc) is 2.62. The van der Waals surface area contributed by atoms with Crippen molar-refractivity contribution in [1.29, 1.82) is 0 Å². The average molecular weight is 327 g/mol. The van der Waals surface area contributed by atoms with E-state index in [9.17, 15) is 8.42 Å². The van der Waals surface area contributed by atoms with Crippen molar-refractivity contribution in [3.8, 4) is 0 Å². The van der Waals surface area contributed by atoms with Gasteiger partial charge in [-0.25, -0.2) is 13.1 Å². The maximum Gasteiger partial charge on any atom is 0.213 e. The normalized spacial score (nSPS) is 11.9. The molecule has 0 amide bonds. The molecule has 0 fully saturated rings. The molecule has 1 aromatic heterocycles. The first kappa shape index (κ1) is 14.1. The zero-order chi connectivity index (χ0) is 12.0. The van der Waals surface area contributed by atoms with Gasteiger partial charge in [0.1, 0.15) is 0 Å². The van der Waals surface area contributed by atoms with Crippen LogP contribution < -0.4 is 10.0 Å². The topological polar surface area (TPSA) is 58.2 Å². The van der Waals surface area contributed by atoms with Gasteiger partial charge in [0.25, 0.3) is 0 Å². The molecule has 0 radical (unpaired) electrons. The lowest BCUT2D eigenvalue weighted by atomic mass is 10.5. The Hall–Kier alpha value is 0.0500. The largest absolute Gasteiger partial charge is 0.316 e. The van der Waals surface area contributed by atoms with Gasteiger partial charge in [0.05, 0.1) is 5.75 Å². The Bertz CT molecular complexity index is 417. The molecule has 0 saturated carbocycles. The summed E-state index contributed by atoms with van der Waals surface area (Å²) >= 11 is 4.86. The third-order valence-corrected chi connectivity index (χ3v) is 4.91. The highest BCUT2D eigenvalue weighted by molar-refractivity contribution is 9.10. The SMILES string of the molecule is CCNCCS(=O)(=O)NCc1cc(Br)cs1. The fourth-order valence-corrected chi connectivity index (χ4v) is 3.50. The minimum atomic E-state index is -3.16. The number of sulfonamides is 1. The summed E-state index contributed by atoms with van der Waals surface area (Å²) in [6, 6.07) is 1.91. The van der Waals surface area contributed by atoms with Crippen molar-refractivity contribution in [2.45, 2.75) is 13.5 Å². The second-order valence-corrected chi connectivity index (χ2v) is 7.06. The van der Waals surface area contributed by atoms with Crippen molar-refractivity contribution in [3.63, 3.8) is 0 Å². The van der Waals surface area contributed by atoms with Gasteiger partial charge < -0.3 is 5.32 Å². The van der Waals surface area contributed by atoms with Crippen LogP contribution in [0.2, 0.25) is 0 Å². The Kier molecular flexibility index (Phi) is 5.91. The molecule has 0 aliphatic carbocycles. The fraction of sp³-hybridized carbons (Fsp3) is 0.556. The predicted molar refractivity (Wildman–Crippen MR) is 71.2 cm³/mol. The van der Waals surface area contributed by atoms with Gasteiger partial charge in [0.2, 0.25) is 10.0 Å². The Morgan fingerprint density at radius 3 is 2.81 bits per heavy atom. The van der Waals surface area contributed by atoms with Crippen molar-refractivity contribution in [1.82, 2.24) is 10.0 Å². The van der Waals surface area contributed by atoms with Gasteiger partial charge in [0, 0.05) is 27.8 Å². The molecule has 0 bridgehead atoms. The van der Waals surface area contributed by atoms with E-state index >= 15 is 0 Å². The lowest BCUT2D eigenvalue weighted by molar-refractivity contribution is 0.578. The fourth-order valence-electron chi connectivity index (χ4n) is 1.08. The number of thiophene rings is 1. The Morgan fingerprint density at radius 1 is 1.50 bits per heavy atom. The van der Waals surface area contributed by atoms with Gasteiger partial charge in [-0.05, 0) is 28.5 Å². The number of hydrogen-bond acceptors (Lipinski definition) is 4. The summed E-state index contributed by atoms with van der Waals surface area (Å²) in [4.78, 5) is 0.999. The Balaban J connectivity index is 2.36. The maximum absolute atomic E-state index is 11.5. The van der Waals surface area contributed by atoms with Crippen LogP contribution in [0.15, 0.2) is 15.9 Å². The smallest absolute Gasteiger partial charge is 0.213 e. The van der Waals surface area contributed by atoms with E-state index in [1.54, 1.807) is 0 Å². The van der Waals surface area contributed by atoms with Crippen LogP contribution in [0.5, 0.6) is 0 Å². The number of rotatable bonds is 7. The van der Waals surface area contributed by atoms with E-state index in [1.165, 1.54) is 11.3 Å². The van der Waals surface area contributed by atoms with Crippen LogP contribution in [-0.4, -0.2) is 27.3 Å². The minimum absolute atomic E-state index is 0.118. The Morgan fingerprint density at radius 2 is 2.25 bits per heavy atom. The minimum Gasteiger partial charge on any atom is -0.316 e. The van der Waals surface area contributed by atoms with E-state index in [2.05, 4.69) is 26.0 Å². The highest BCUT2D eigenvalue weighted by atomic mass is 79.9. The van der Waals surface area contributed by atoms with Crippen molar-refractivity contribution in [3.05, 3.63) is 20.8 Å². The zero-order valence-corrected chi connectivity index (χ0v) is 12.2. The molecule has 0 unspecified atom stereocenters. The maximum atomic E-state index is 11.5. The molecule has 0 spiro atoms. The quantitative estimate of drug-likeness (QED) is 0.747. The second-order valence-electron chi connectivity index (χ2n) is 3.22. The first-order chi connectivity index (χ1) is 7.53. The van der Waals surface area contributed by atoms with Gasteiger partial charge in [-0.15, -0.1) is 11.3 Å². The van der Waals surface area contributed by atoms with E-state index in [-0.39, 0.29) is 5.75 Å². The second kappa shape index (κ2) is 6.70. The molecule has 7 heteroatoms. The van der Waals surface area contributed by atoms with Crippen LogP contribution in [0, 0.1) is 0 Å². The van der Waals surface area contributed by atoms with Crippen molar-refractivity contribution >= 4 is 37.3 Å². The predicted octanol–water partition coefficient (Wildman–Crippen LogP) is 1.54. The highest BCUT2D eigenvalue weighted by Crippen LogP contribution is 2.19. The van der Waals surface area contributed by atoms with Crippen LogP contribution in [0.25, 0.3) is 0 Å². The molecule has 92 valence electrons. The van der Waals surface area contributed by atoms with Gasteiger partial charge in [-0.2, -0.15) is 0 Å². The molecule has 1 aromatic rings. The molecule has 2 N–H and O–H groups in total. The summed E-state index contributed by atoms with van der Waals surface area (Å²) in [5.41, 5.74) is 0. The molecule has 16 heavy (non-hydrogen) atoms. The number of halogens is 1. The first-order valence-electron chi connectivity index (χ1n) is 4.94. The lowest BCUT2D eigenvalue weighted by Gasteiger charge is -2.05. The van der Waals surface area contributed by atoms with E-state index in [4.69, 9.17) is 0 Å². The zero-order valence-electron chi connectivity index (χ0n) is 8.99. The third kappa shape index (κ3) is 5.40.